The van der Waals surface area contributed by atoms with Crippen LogP contribution >= 0.6 is 0 Å². The number of nitrogens with one attached hydrogen (secondary N) is 1. The Kier molecular flexibility index (Phi) is 4.95. The number of ether oxygens (including phenoxy) is 1. The standard InChI is InChI=1S/C15H24N2O2/c1-10-6-11(2)14(12(3)7-10)19-8-13(18)17-15(4,5)9-16/h6-7H,8-9,16H2,1-5H3,(H,17,18). The molecule has 0 aromatic heterocycles. The van der Waals surface area contributed by atoms with Gasteiger partial charge in [-0.05, 0) is 45.7 Å². The zero-order chi connectivity index (χ0) is 14.6. The molecule has 0 aliphatic carbocycles. The third kappa shape index (κ3) is 4.56. The summed E-state index contributed by atoms with van der Waals surface area (Å²) in [5, 5.41) is 2.84. The van der Waals surface area contributed by atoms with Crippen LogP contribution in [-0.2, 0) is 4.79 Å². The SMILES string of the molecule is Cc1cc(C)c(OCC(=O)NC(C)(C)CN)c(C)c1. The maximum Gasteiger partial charge on any atom is 0.258 e. The monoisotopic (exact) mass is 264 g/mol. The van der Waals surface area contributed by atoms with E-state index in [9.17, 15) is 4.79 Å². The minimum atomic E-state index is -0.405. The van der Waals surface area contributed by atoms with Crippen molar-refractivity contribution >= 4 is 5.91 Å². The minimum Gasteiger partial charge on any atom is -0.483 e. The number of benzene rings is 1. The first-order chi connectivity index (χ1) is 8.75. The van der Waals surface area contributed by atoms with Crippen molar-refractivity contribution in [3.05, 3.63) is 28.8 Å². The summed E-state index contributed by atoms with van der Waals surface area (Å²) in [5.41, 5.74) is 8.45. The fraction of sp³-hybridized carbons (Fsp3) is 0.533. The number of hydrogen-bond donors (Lipinski definition) is 2. The van der Waals surface area contributed by atoms with Gasteiger partial charge in [-0.25, -0.2) is 0 Å². The molecule has 3 N–H and O–H groups in total. The van der Waals surface area contributed by atoms with Gasteiger partial charge in [0.2, 0.25) is 0 Å². The van der Waals surface area contributed by atoms with Gasteiger partial charge in [-0.1, -0.05) is 17.7 Å². The Bertz CT molecular complexity index is 444. The van der Waals surface area contributed by atoms with E-state index in [1.54, 1.807) is 0 Å². The summed E-state index contributed by atoms with van der Waals surface area (Å²) in [6.07, 6.45) is 0. The molecular formula is C15H24N2O2. The quantitative estimate of drug-likeness (QED) is 0.853. The largest absolute Gasteiger partial charge is 0.483 e. The summed E-state index contributed by atoms with van der Waals surface area (Å²) in [5.74, 6) is 0.626. The zero-order valence-corrected chi connectivity index (χ0v) is 12.5. The van der Waals surface area contributed by atoms with E-state index in [2.05, 4.69) is 5.32 Å². The number of hydrogen-bond acceptors (Lipinski definition) is 3. The summed E-state index contributed by atoms with van der Waals surface area (Å²) in [6.45, 7) is 10.2. The van der Waals surface area contributed by atoms with E-state index in [0.717, 1.165) is 16.9 Å². The Labute approximate surface area is 115 Å². The van der Waals surface area contributed by atoms with Crippen molar-refractivity contribution < 1.29 is 9.53 Å². The molecule has 1 amide bonds. The molecule has 1 aromatic rings. The van der Waals surface area contributed by atoms with E-state index in [-0.39, 0.29) is 12.5 Å². The van der Waals surface area contributed by atoms with Gasteiger partial charge in [0.25, 0.3) is 5.91 Å². The molecule has 0 spiro atoms. The first kappa shape index (κ1) is 15.5. The van der Waals surface area contributed by atoms with E-state index >= 15 is 0 Å². The molecule has 0 aliphatic heterocycles. The van der Waals surface area contributed by atoms with Crippen LogP contribution in [-0.4, -0.2) is 24.6 Å². The number of nitrogens with two attached hydrogens (primary N) is 1. The highest BCUT2D eigenvalue weighted by atomic mass is 16.5. The highest BCUT2D eigenvalue weighted by Gasteiger charge is 2.18. The number of aryl methyl sites for hydroxylation is 3. The summed E-state index contributed by atoms with van der Waals surface area (Å²) in [6, 6.07) is 4.09. The second kappa shape index (κ2) is 6.06. The van der Waals surface area contributed by atoms with Crippen LogP contribution in [0, 0.1) is 20.8 Å². The topological polar surface area (TPSA) is 64.3 Å². The van der Waals surface area contributed by atoms with Crippen molar-refractivity contribution in [2.75, 3.05) is 13.2 Å². The van der Waals surface area contributed by atoms with E-state index in [1.165, 1.54) is 5.56 Å². The number of carbonyl (C=O) groups is 1. The Balaban J connectivity index is 2.65. The lowest BCUT2D eigenvalue weighted by molar-refractivity contribution is -0.124. The maximum absolute atomic E-state index is 11.8. The smallest absolute Gasteiger partial charge is 0.258 e. The molecule has 19 heavy (non-hydrogen) atoms. The van der Waals surface area contributed by atoms with Crippen molar-refractivity contribution in [2.24, 2.45) is 5.73 Å². The first-order valence-corrected chi connectivity index (χ1v) is 6.47. The van der Waals surface area contributed by atoms with Crippen LogP contribution in [0.25, 0.3) is 0 Å². The van der Waals surface area contributed by atoms with Gasteiger partial charge in [-0.3, -0.25) is 4.79 Å². The summed E-state index contributed by atoms with van der Waals surface area (Å²) in [4.78, 5) is 11.8. The molecule has 4 heteroatoms. The molecule has 0 atom stereocenters. The van der Waals surface area contributed by atoms with Gasteiger partial charge >= 0.3 is 0 Å². The van der Waals surface area contributed by atoms with Gasteiger partial charge in [0, 0.05) is 12.1 Å². The van der Waals surface area contributed by atoms with Crippen LogP contribution in [0.5, 0.6) is 5.75 Å². The third-order valence-electron chi connectivity index (χ3n) is 2.94. The van der Waals surface area contributed by atoms with Crippen LogP contribution in [0.2, 0.25) is 0 Å². The Morgan fingerprint density at radius 2 is 1.79 bits per heavy atom. The van der Waals surface area contributed by atoms with Gasteiger partial charge in [-0.15, -0.1) is 0 Å². The molecule has 106 valence electrons. The van der Waals surface area contributed by atoms with E-state index in [0.29, 0.717) is 6.54 Å². The predicted octanol–water partition coefficient (Wildman–Crippen LogP) is 1.84. The average molecular weight is 264 g/mol. The number of amides is 1. The lowest BCUT2D eigenvalue weighted by Crippen LogP contribution is -2.50. The van der Waals surface area contributed by atoms with Gasteiger partial charge in [0.1, 0.15) is 5.75 Å². The van der Waals surface area contributed by atoms with Crippen LogP contribution in [0.1, 0.15) is 30.5 Å². The Hall–Kier alpha value is -1.55. The average Bonchev–Trinajstić information content (AvgIpc) is 2.26. The summed E-state index contributed by atoms with van der Waals surface area (Å²) >= 11 is 0. The molecule has 0 bridgehead atoms. The van der Waals surface area contributed by atoms with Gasteiger partial charge in [0.15, 0.2) is 6.61 Å². The number of carbonyl (C=O) groups excluding carboxylic acids is 1. The summed E-state index contributed by atoms with van der Waals surface area (Å²) in [7, 11) is 0. The van der Waals surface area contributed by atoms with Crippen LogP contribution in [0.4, 0.5) is 0 Å². The zero-order valence-electron chi connectivity index (χ0n) is 12.5. The van der Waals surface area contributed by atoms with Crippen LogP contribution in [0.3, 0.4) is 0 Å². The molecule has 0 saturated heterocycles. The van der Waals surface area contributed by atoms with Gasteiger partial charge in [-0.2, -0.15) is 0 Å². The number of rotatable bonds is 5. The molecule has 0 radical (unpaired) electrons. The molecular weight excluding hydrogens is 240 g/mol. The molecule has 0 fully saturated rings. The molecule has 1 aromatic carbocycles. The molecule has 0 saturated carbocycles. The van der Waals surface area contributed by atoms with Gasteiger partial charge in [0.05, 0.1) is 0 Å². The second-order valence-electron chi connectivity index (χ2n) is 5.65. The fourth-order valence-electron chi connectivity index (χ4n) is 2.00. The lowest BCUT2D eigenvalue weighted by atomic mass is 10.1. The minimum absolute atomic E-state index is 0.00811. The van der Waals surface area contributed by atoms with Crippen molar-refractivity contribution in [1.29, 1.82) is 0 Å². The van der Waals surface area contributed by atoms with Crippen LogP contribution in [0.15, 0.2) is 12.1 Å². The van der Waals surface area contributed by atoms with E-state index in [4.69, 9.17) is 10.5 Å². The lowest BCUT2D eigenvalue weighted by Gasteiger charge is -2.24. The maximum atomic E-state index is 11.8. The van der Waals surface area contributed by atoms with Crippen molar-refractivity contribution in [2.45, 2.75) is 40.2 Å². The van der Waals surface area contributed by atoms with Crippen molar-refractivity contribution in [3.63, 3.8) is 0 Å². The second-order valence-corrected chi connectivity index (χ2v) is 5.65. The predicted molar refractivity (Wildman–Crippen MR) is 77.4 cm³/mol. The highest BCUT2D eigenvalue weighted by molar-refractivity contribution is 5.78. The summed E-state index contributed by atoms with van der Waals surface area (Å²) < 4.78 is 5.62. The highest BCUT2D eigenvalue weighted by Crippen LogP contribution is 2.24. The Morgan fingerprint density at radius 3 is 2.26 bits per heavy atom. The van der Waals surface area contributed by atoms with E-state index in [1.807, 2.05) is 46.8 Å². The van der Waals surface area contributed by atoms with Crippen molar-refractivity contribution in [1.82, 2.24) is 5.32 Å². The van der Waals surface area contributed by atoms with Gasteiger partial charge < -0.3 is 15.8 Å². The molecule has 0 aliphatic rings. The molecule has 1 rings (SSSR count). The van der Waals surface area contributed by atoms with Crippen LogP contribution < -0.4 is 15.8 Å². The van der Waals surface area contributed by atoms with Crippen molar-refractivity contribution in [3.8, 4) is 5.75 Å². The Morgan fingerprint density at radius 1 is 1.26 bits per heavy atom. The third-order valence-corrected chi connectivity index (χ3v) is 2.94. The molecule has 0 heterocycles. The fourth-order valence-corrected chi connectivity index (χ4v) is 2.00. The normalized spacial score (nSPS) is 11.3. The molecule has 4 nitrogen and oxygen atoms in total. The molecule has 0 unspecified atom stereocenters. The van der Waals surface area contributed by atoms with E-state index < -0.39 is 5.54 Å². The first-order valence-electron chi connectivity index (χ1n) is 6.47.